The molecule has 28 heavy (non-hydrogen) atoms. The first kappa shape index (κ1) is 21.2. The highest BCUT2D eigenvalue weighted by Crippen LogP contribution is 2.30. The summed E-state index contributed by atoms with van der Waals surface area (Å²) in [5, 5.41) is 6.54. The van der Waals surface area contributed by atoms with Crippen LogP contribution < -0.4 is 29.6 Å². The molecule has 0 unspecified atom stereocenters. The number of guanidine groups is 1. The van der Waals surface area contributed by atoms with Crippen molar-refractivity contribution in [3.8, 4) is 23.0 Å². The molecule has 0 saturated heterocycles. The van der Waals surface area contributed by atoms with Crippen molar-refractivity contribution in [3.63, 3.8) is 0 Å². The fourth-order valence-electron chi connectivity index (χ4n) is 2.69. The second-order valence-corrected chi connectivity index (χ2v) is 5.89. The van der Waals surface area contributed by atoms with E-state index in [1.54, 1.807) is 28.4 Å². The van der Waals surface area contributed by atoms with Gasteiger partial charge in [0.15, 0.2) is 29.0 Å². The number of hydrogen-bond donors (Lipinski definition) is 2. The van der Waals surface area contributed by atoms with E-state index in [0.717, 1.165) is 35.7 Å². The molecule has 2 aromatic rings. The van der Waals surface area contributed by atoms with Gasteiger partial charge in [-0.2, -0.15) is 0 Å². The molecule has 0 bridgehead atoms. The van der Waals surface area contributed by atoms with E-state index in [1.807, 2.05) is 43.3 Å². The number of benzene rings is 2. The maximum atomic E-state index is 5.35. The second kappa shape index (κ2) is 10.9. The van der Waals surface area contributed by atoms with E-state index in [0.29, 0.717) is 24.0 Å². The number of rotatable bonds is 9. The Morgan fingerprint density at radius 2 is 1.43 bits per heavy atom. The van der Waals surface area contributed by atoms with Crippen molar-refractivity contribution in [2.45, 2.75) is 13.3 Å². The summed E-state index contributed by atoms with van der Waals surface area (Å²) in [4.78, 5) is 4.65. The lowest BCUT2D eigenvalue weighted by molar-refractivity contribution is 0.354. The predicted octanol–water partition coefficient (Wildman–Crippen LogP) is 3.34. The third-order valence-electron chi connectivity index (χ3n) is 4.11. The summed E-state index contributed by atoms with van der Waals surface area (Å²) >= 11 is 0. The van der Waals surface area contributed by atoms with Crippen molar-refractivity contribution >= 4 is 11.6 Å². The van der Waals surface area contributed by atoms with Crippen LogP contribution in [0.1, 0.15) is 12.5 Å². The number of anilines is 1. The molecule has 0 spiro atoms. The minimum atomic E-state index is 0.623. The fourth-order valence-corrected chi connectivity index (χ4v) is 2.69. The Labute approximate surface area is 166 Å². The third kappa shape index (κ3) is 5.70. The lowest BCUT2D eigenvalue weighted by Gasteiger charge is -2.14. The van der Waals surface area contributed by atoms with Crippen LogP contribution in [0.5, 0.6) is 23.0 Å². The second-order valence-electron chi connectivity index (χ2n) is 5.89. The Morgan fingerprint density at radius 3 is 2.04 bits per heavy atom. The molecule has 0 atom stereocenters. The summed E-state index contributed by atoms with van der Waals surface area (Å²) in [6, 6.07) is 11.6. The van der Waals surface area contributed by atoms with Crippen LogP contribution in [0.3, 0.4) is 0 Å². The van der Waals surface area contributed by atoms with Crippen LogP contribution in [0.4, 0.5) is 5.69 Å². The number of nitrogens with zero attached hydrogens (tertiary/aromatic N) is 1. The molecule has 0 aliphatic carbocycles. The van der Waals surface area contributed by atoms with Gasteiger partial charge in [-0.3, -0.25) is 4.99 Å². The number of hydrogen-bond acceptors (Lipinski definition) is 5. The van der Waals surface area contributed by atoms with E-state index in [2.05, 4.69) is 15.6 Å². The molecule has 7 heteroatoms. The zero-order chi connectivity index (χ0) is 20.4. The topological polar surface area (TPSA) is 73.3 Å². The van der Waals surface area contributed by atoms with Gasteiger partial charge in [-0.05, 0) is 43.2 Å². The van der Waals surface area contributed by atoms with E-state index in [4.69, 9.17) is 18.9 Å². The standard InChI is InChI=1S/C21H29N3O4/c1-6-22-21(24-16-8-10-18(26-3)20(14-16)28-5)23-12-11-15-7-9-17(25-2)19(13-15)27-4/h7-10,13-14H,6,11-12H2,1-5H3,(H2,22,23,24). The van der Waals surface area contributed by atoms with Gasteiger partial charge in [0.2, 0.25) is 0 Å². The first-order valence-electron chi connectivity index (χ1n) is 9.13. The molecular weight excluding hydrogens is 358 g/mol. The van der Waals surface area contributed by atoms with Gasteiger partial charge in [0.1, 0.15) is 0 Å². The molecule has 152 valence electrons. The molecule has 0 fully saturated rings. The van der Waals surface area contributed by atoms with Crippen molar-refractivity contribution in [1.82, 2.24) is 5.32 Å². The first-order valence-corrected chi connectivity index (χ1v) is 9.13. The largest absolute Gasteiger partial charge is 0.493 e. The lowest BCUT2D eigenvalue weighted by Crippen LogP contribution is -2.30. The lowest BCUT2D eigenvalue weighted by atomic mass is 10.1. The average molecular weight is 387 g/mol. The van der Waals surface area contributed by atoms with E-state index in [9.17, 15) is 0 Å². The number of methoxy groups -OCH3 is 4. The van der Waals surface area contributed by atoms with Gasteiger partial charge < -0.3 is 29.6 Å². The normalized spacial score (nSPS) is 11.0. The SMILES string of the molecule is CCNC(=NCCc1ccc(OC)c(OC)c1)Nc1ccc(OC)c(OC)c1. The Morgan fingerprint density at radius 1 is 0.821 bits per heavy atom. The molecule has 0 aliphatic heterocycles. The summed E-state index contributed by atoms with van der Waals surface area (Å²) in [5.41, 5.74) is 1.99. The summed E-state index contributed by atoms with van der Waals surface area (Å²) in [6.45, 7) is 3.41. The number of aliphatic imine (C=N–C) groups is 1. The Bertz CT molecular complexity index is 793. The minimum Gasteiger partial charge on any atom is -0.493 e. The van der Waals surface area contributed by atoms with Gasteiger partial charge in [-0.25, -0.2) is 0 Å². The molecule has 2 rings (SSSR count). The average Bonchev–Trinajstić information content (AvgIpc) is 2.73. The molecule has 0 saturated carbocycles. The highest BCUT2D eigenvalue weighted by Gasteiger charge is 2.07. The maximum absolute atomic E-state index is 5.35. The highest BCUT2D eigenvalue weighted by atomic mass is 16.5. The van der Waals surface area contributed by atoms with Crippen LogP contribution in [-0.2, 0) is 6.42 Å². The Balaban J connectivity index is 2.06. The van der Waals surface area contributed by atoms with Crippen molar-refractivity contribution < 1.29 is 18.9 Å². The van der Waals surface area contributed by atoms with Crippen LogP contribution >= 0.6 is 0 Å². The molecule has 0 aliphatic rings. The first-order chi connectivity index (χ1) is 13.6. The van der Waals surface area contributed by atoms with Gasteiger partial charge in [-0.15, -0.1) is 0 Å². The van der Waals surface area contributed by atoms with E-state index in [1.165, 1.54) is 0 Å². The summed E-state index contributed by atoms with van der Waals surface area (Å²) in [6.07, 6.45) is 0.781. The fraction of sp³-hybridized carbons (Fsp3) is 0.381. The molecule has 0 aromatic heterocycles. The van der Waals surface area contributed by atoms with Gasteiger partial charge in [0, 0.05) is 24.8 Å². The van der Waals surface area contributed by atoms with Gasteiger partial charge >= 0.3 is 0 Å². The molecule has 0 amide bonds. The Hall–Kier alpha value is -3.09. The van der Waals surface area contributed by atoms with E-state index >= 15 is 0 Å². The monoisotopic (exact) mass is 387 g/mol. The summed E-state index contributed by atoms with van der Waals surface area (Å²) in [7, 11) is 6.50. The summed E-state index contributed by atoms with van der Waals surface area (Å²) < 4.78 is 21.3. The molecule has 7 nitrogen and oxygen atoms in total. The van der Waals surface area contributed by atoms with Crippen molar-refractivity contribution in [1.29, 1.82) is 0 Å². The quantitative estimate of drug-likeness (QED) is 0.508. The van der Waals surface area contributed by atoms with Crippen LogP contribution in [0.25, 0.3) is 0 Å². The van der Waals surface area contributed by atoms with Gasteiger partial charge in [-0.1, -0.05) is 6.07 Å². The molecule has 0 heterocycles. The Kier molecular flexibility index (Phi) is 8.27. The summed E-state index contributed by atoms with van der Waals surface area (Å²) in [5.74, 6) is 3.49. The third-order valence-corrected chi connectivity index (χ3v) is 4.11. The predicted molar refractivity (Wildman–Crippen MR) is 112 cm³/mol. The number of ether oxygens (including phenoxy) is 4. The number of nitrogens with one attached hydrogen (secondary N) is 2. The highest BCUT2D eigenvalue weighted by molar-refractivity contribution is 5.93. The zero-order valence-corrected chi connectivity index (χ0v) is 17.2. The van der Waals surface area contributed by atoms with Crippen molar-refractivity contribution in [2.24, 2.45) is 4.99 Å². The van der Waals surface area contributed by atoms with Gasteiger partial charge in [0.25, 0.3) is 0 Å². The molecular formula is C21H29N3O4. The minimum absolute atomic E-state index is 0.623. The van der Waals surface area contributed by atoms with Gasteiger partial charge in [0.05, 0.1) is 28.4 Å². The van der Waals surface area contributed by atoms with Crippen LogP contribution in [-0.4, -0.2) is 47.5 Å². The van der Waals surface area contributed by atoms with E-state index < -0.39 is 0 Å². The maximum Gasteiger partial charge on any atom is 0.195 e. The molecule has 2 aromatic carbocycles. The van der Waals surface area contributed by atoms with Crippen molar-refractivity contribution in [2.75, 3.05) is 46.8 Å². The zero-order valence-electron chi connectivity index (χ0n) is 17.2. The van der Waals surface area contributed by atoms with Crippen LogP contribution in [0.15, 0.2) is 41.4 Å². The molecule has 2 N–H and O–H groups in total. The van der Waals surface area contributed by atoms with E-state index in [-0.39, 0.29) is 0 Å². The molecule has 0 radical (unpaired) electrons. The van der Waals surface area contributed by atoms with Crippen molar-refractivity contribution in [3.05, 3.63) is 42.0 Å². The van der Waals surface area contributed by atoms with Crippen LogP contribution in [0, 0.1) is 0 Å². The smallest absolute Gasteiger partial charge is 0.195 e. The van der Waals surface area contributed by atoms with Crippen LogP contribution in [0.2, 0.25) is 0 Å².